The van der Waals surface area contributed by atoms with E-state index in [0.29, 0.717) is 16.3 Å². The number of hydrogen-bond acceptors (Lipinski definition) is 2. The molecule has 7 heteroatoms. The maximum absolute atomic E-state index is 12.3. The van der Waals surface area contributed by atoms with Gasteiger partial charge in [0.05, 0.1) is 33.8 Å². The molecule has 4 nitrogen and oxygen atoms in total. The van der Waals surface area contributed by atoms with Gasteiger partial charge >= 0.3 is 0 Å². The minimum atomic E-state index is -0.315. The van der Waals surface area contributed by atoms with Crippen molar-refractivity contribution in [3.63, 3.8) is 0 Å². The summed E-state index contributed by atoms with van der Waals surface area (Å²) in [7, 11) is 0. The zero-order valence-electron chi connectivity index (χ0n) is 10.5. The van der Waals surface area contributed by atoms with E-state index in [9.17, 15) is 4.79 Å². The lowest BCUT2D eigenvalue weighted by atomic mass is 10.2. The SMILES string of the molecule is O=C(Nc1c(Cl)cc(Cl)cc1Cl)c1ccn2cncc2c1. The van der Waals surface area contributed by atoms with Crippen molar-refractivity contribution in [1.29, 1.82) is 0 Å². The molecule has 2 heterocycles. The zero-order chi connectivity index (χ0) is 15.0. The van der Waals surface area contributed by atoms with Crippen molar-refractivity contribution in [2.75, 3.05) is 5.32 Å². The first-order valence-corrected chi connectivity index (χ1v) is 7.05. The van der Waals surface area contributed by atoms with Gasteiger partial charge in [0.25, 0.3) is 5.91 Å². The van der Waals surface area contributed by atoms with Crippen LogP contribution in [0.25, 0.3) is 5.52 Å². The third-order valence-electron chi connectivity index (χ3n) is 2.92. The monoisotopic (exact) mass is 339 g/mol. The first-order chi connectivity index (χ1) is 10.0. The molecule has 0 unspecified atom stereocenters. The predicted octanol–water partition coefficient (Wildman–Crippen LogP) is 4.55. The first kappa shape index (κ1) is 14.2. The van der Waals surface area contributed by atoms with Crippen LogP contribution in [-0.4, -0.2) is 15.3 Å². The summed E-state index contributed by atoms with van der Waals surface area (Å²) in [5, 5.41) is 3.66. The van der Waals surface area contributed by atoms with Crippen LogP contribution in [0.3, 0.4) is 0 Å². The molecule has 0 radical (unpaired) electrons. The lowest BCUT2D eigenvalue weighted by Gasteiger charge is -2.10. The number of pyridine rings is 1. The Labute approximate surface area is 135 Å². The fourth-order valence-electron chi connectivity index (χ4n) is 1.91. The Kier molecular flexibility index (Phi) is 3.76. The van der Waals surface area contributed by atoms with E-state index in [1.54, 1.807) is 35.3 Å². The molecule has 21 heavy (non-hydrogen) atoms. The molecule has 0 spiro atoms. The van der Waals surface area contributed by atoms with Crippen molar-refractivity contribution in [3.8, 4) is 0 Å². The van der Waals surface area contributed by atoms with Crippen molar-refractivity contribution in [2.45, 2.75) is 0 Å². The molecule has 1 N–H and O–H groups in total. The largest absolute Gasteiger partial charge is 0.319 e. The number of nitrogens with zero attached hydrogens (tertiary/aromatic N) is 2. The van der Waals surface area contributed by atoms with Gasteiger partial charge in [-0.1, -0.05) is 34.8 Å². The van der Waals surface area contributed by atoms with Gasteiger partial charge in [-0.05, 0) is 24.3 Å². The van der Waals surface area contributed by atoms with E-state index in [2.05, 4.69) is 10.3 Å². The summed E-state index contributed by atoms with van der Waals surface area (Å²) < 4.78 is 1.80. The van der Waals surface area contributed by atoms with Gasteiger partial charge in [0.2, 0.25) is 0 Å². The number of fused-ring (bicyclic) bond motifs is 1. The second-order valence-electron chi connectivity index (χ2n) is 4.34. The molecule has 0 fully saturated rings. The Morgan fingerprint density at radius 3 is 2.57 bits per heavy atom. The number of rotatable bonds is 2. The molecule has 2 aromatic heterocycles. The number of anilines is 1. The Hall–Kier alpha value is -1.75. The smallest absolute Gasteiger partial charge is 0.255 e. The molecular formula is C14H8Cl3N3O. The molecule has 0 saturated heterocycles. The van der Waals surface area contributed by atoms with Crippen molar-refractivity contribution < 1.29 is 4.79 Å². The number of hydrogen-bond donors (Lipinski definition) is 1. The second-order valence-corrected chi connectivity index (χ2v) is 5.59. The van der Waals surface area contributed by atoms with Crippen molar-refractivity contribution >= 4 is 51.9 Å². The van der Waals surface area contributed by atoms with E-state index < -0.39 is 0 Å². The zero-order valence-corrected chi connectivity index (χ0v) is 12.7. The fourth-order valence-corrected chi connectivity index (χ4v) is 2.82. The molecule has 1 aromatic carbocycles. The number of carbonyl (C=O) groups is 1. The van der Waals surface area contributed by atoms with Gasteiger partial charge in [-0.25, -0.2) is 4.98 Å². The maximum atomic E-state index is 12.3. The standard InChI is InChI=1S/C14H8Cl3N3O/c15-9-4-11(16)13(12(17)5-9)19-14(21)8-1-2-20-7-18-6-10(20)3-8/h1-7H,(H,19,21). The molecule has 1 amide bonds. The van der Waals surface area contributed by atoms with Crippen molar-refractivity contribution in [3.05, 3.63) is 63.6 Å². The average Bonchev–Trinajstić information content (AvgIpc) is 2.89. The van der Waals surface area contributed by atoms with Crippen LogP contribution < -0.4 is 5.32 Å². The minimum absolute atomic E-state index is 0.284. The highest BCUT2D eigenvalue weighted by Gasteiger charge is 2.13. The molecule has 0 aliphatic carbocycles. The number of amides is 1. The van der Waals surface area contributed by atoms with Gasteiger partial charge in [0.15, 0.2) is 0 Å². The van der Waals surface area contributed by atoms with Gasteiger partial charge in [-0.15, -0.1) is 0 Å². The molecule has 0 bridgehead atoms. The van der Waals surface area contributed by atoms with E-state index in [1.165, 1.54) is 12.1 Å². The fraction of sp³-hybridized carbons (Fsp3) is 0. The highest BCUT2D eigenvalue weighted by atomic mass is 35.5. The van der Waals surface area contributed by atoms with E-state index >= 15 is 0 Å². The van der Waals surface area contributed by atoms with Gasteiger partial charge in [0.1, 0.15) is 0 Å². The second kappa shape index (κ2) is 5.56. The quantitative estimate of drug-likeness (QED) is 0.744. The van der Waals surface area contributed by atoms with Crippen LogP contribution in [0, 0.1) is 0 Å². The van der Waals surface area contributed by atoms with Crippen LogP contribution in [-0.2, 0) is 0 Å². The summed E-state index contributed by atoms with van der Waals surface area (Å²) in [6.45, 7) is 0. The number of imidazole rings is 1. The van der Waals surface area contributed by atoms with Crippen LogP contribution in [0.5, 0.6) is 0 Å². The molecule has 0 atom stereocenters. The third kappa shape index (κ3) is 2.83. The van der Waals surface area contributed by atoms with E-state index in [4.69, 9.17) is 34.8 Å². The van der Waals surface area contributed by atoms with Crippen molar-refractivity contribution in [2.24, 2.45) is 0 Å². The summed E-state index contributed by atoms with van der Waals surface area (Å²) in [5.41, 5.74) is 1.63. The number of aromatic nitrogens is 2. The normalized spacial score (nSPS) is 10.8. The van der Waals surface area contributed by atoms with Crippen LogP contribution >= 0.6 is 34.8 Å². The lowest BCUT2D eigenvalue weighted by molar-refractivity contribution is 0.102. The highest BCUT2D eigenvalue weighted by molar-refractivity contribution is 6.42. The summed E-state index contributed by atoms with van der Waals surface area (Å²) in [4.78, 5) is 16.3. The van der Waals surface area contributed by atoms with Gasteiger partial charge in [-0.3, -0.25) is 4.79 Å². The number of halogens is 3. The summed E-state index contributed by atoms with van der Waals surface area (Å²) in [6, 6.07) is 6.44. The Balaban J connectivity index is 1.92. The topological polar surface area (TPSA) is 46.4 Å². The van der Waals surface area contributed by atoms with Crippen LogP contribution in [0.1, 0.15) is 10.4 Å². The summed E-state index contributed by atoms with van der Waals surface area (Å²) >= 11 is 17.9. The van der Waals surface area contributed by atoms with Crippen LogP contribution in [0.4, 0.5) is 5.69 Å². The third-order valence-corrected chi connectivity index (χ3v) is 3.74. The van der Waals surface area contributed by atoms with Gasteiger partial charge in [-0.2, -0.15) is 0 Å². The van der Waals surface area contributed by atoms with Crippen LogP contribution in [0.15, 0.2) is 43.0 Å². The van der Waals surface area contributed by atoms with E-state index in [0.717, 1.165) is 5.52 Å². The van der Waals surface area contributed by atoms with Crippen molar-refractivity contribution in [1.82, 2.24) is 9.38 Å². The maximum Gasteiger partial charge on any atom is 0.255 e. The molecule has 3 aromatic rings. The Bertz CT molecular complexity index is 821. The molecule has 0 saturated carbocycles. The van der Waals surface area contributed by atoms with E-state index in [-0.39, 0.29) is 16.0 Å². The Morgan fingerprint density at radius 1 is 1.14 bits per heavy atom. The number of nitrogens with one attached hydrogen (secondary N) is 1. The van der Waals surface area contributed by atoms with Gasteiger partial charge < -0.3 is 9.72 Å². The molecule has 0 aliphatic rings. The number of benzene rings is 1. The first-order valence-electron chi connectivity index (χ1n) is 5.92. The van der Waals surface area contributed by atoms with Gasteiger partial charge in [0, 0.05) is 16.8 Å². The average molecular weight is 341 g/mol. The molecule has 3 rings (SSSR count). The summed E-state index contributed by atoms with van der Waals surface area (Å²) in [5.74, 6) is -0.315. The number of carbonyl (C=O) groups excluding carboxylic acids is 1. The predicted molar refractivity (Wildman–Crippen MR) is 84.6 cm³/mol. The molecular weight excluding hydrogens is 333 g/mol. The molecule has 0 aliphatic heterocycles. The van der Waals surface area contributed by atoms with E-state index in [1.807, 2.05) is 0 Å². The molecule has 106 valence electrons. The lowest BCUT2D eigenvalue weighted by Crippen LogP contribution is -2.12. The Morgan fingerprint density at radius 2 is 1.86 bits per heavy atom. The highest BCUT2D eigenvalue weighted by Crippen LogP contribution is 2.33. The van der Waals surface area contributed by atoms with Crippen LogP contribution in [0.2, 0.25) is 15.1 Å². The summed E-state index contributed by atoms with van der Waals surface area (Å²) in [6.07, 6.45) is 5.07. The minimum Gasteiger partial charge on any atom is -0.319 e.